The van der Waals surface area contributed by atoms with Crippen molar-refractivity contribution < 1.29 is 9.90 Å². The Bertz CT molecular complexity index is 482. The van der Waals surface area contributed by atoms with Crippen molar-refractivity contribution in [1.82, 2.24) is 4.90 Å². The van der Waals surface area contributed by atoms with Gasteiger partial charge in [-0.25, -0.2) is 0 Å². The molecule has 3 nitrogen and oxygen atoms in total. The van der Waals surface area contributed by atoms with Gasteiger partial charge in [0.2, 0.25) is 5.91 Å². The number of amides is 1. The molecule has 20 heavy (non-hydrogen) atoms. The number of piperidine rings is 1. The fraction of sp³-hybridized carbons (Fsp3) is 0.353. The highest BCUT2D eigenvalue weighted by Gasteiger charge is 2.12. The third-order valence-corrected chi connectivity index (χ3v) is 3.47. The Morgan fingerprint density at radius 1 is 1.10 bits per heavy atom. The lowest BCUT2D eigenvalue weighted by Crippen LogP contribution is -2.34. The SMILES string of the molecule is O=C(/C=C/C=C/c1ccc(CO)cc1)N1CCCCC1. The Hall–Kier alpha value is -1.87. The molecule has 0 bridgehead atoms. The fourth-order valence-electron chi connectivity index (χ4n) is 2.26. The number of carbonyl (C=O) groups is 1. The molecule has 1 N–H and O–H groups in total. The number of aliphatic hydroxyl groups is 1. The van der Waals surface area contributed by atoms with Crippen molar-refractivity contribution >= 4 is 12.0 Å². The van der Waals surface area contributed by atoms with Crippen molar-refractivity contribution in [1.29, 1.82) is 0 Å². The van der Waals surface area contributed by atoms with Gasteiger partial charge < -0.3 is 10.0 Å². The molecule has 1 heterocycles. The van der Waals surface area contributed by atoms with E-state index in [1.807, 2.05) is 41.3 Å². The lowest BCUT2D eigenvalue weighted by Gasteiger charge is -2.25. The lowest BCUT2D eigenvalue weighted by molar-refractivity contribution is -0.126. The number of likely N-dealkylation sites (tertiary alicyclic amines) is 1. The first-order chi connectivity index (χ1) is 9.79. The number of hydrogen-bond acceptors (Lipinski definition) is 2. The molecule has 1 fully saturated rings. The molecule has 0 aromatic heterocycles. The minimum Gasteiger partial charge on any atom is -0.392 e. The summed E-state index contributed by atoms with van der Waals surface area (Å²) in [5.41, 5.74) is 1.95. The molecule has 1 amide bonds. The van der Waals surface area contributed by atoms with Gasteiger partial charge in [-0.1, -0.05) is 42.5 Å². The van der Waals surface area contributed by atoms with Crippen LogP contribution in [0.4, 0.5) is 0 Å². The van der Waals surface area contributed by atoms with Gasteiger partial charge in [-0.05, 0) is 30.4 Å². The van der Waals surface area contributed by atoms with Crippen LogP contribution in [0.25, 0.3) is 6.08 Å². The van der Waals surface area contributed by atoms with Crippen molar-refractivity contribution in [2.75, 3.05) is 13.1 Å². The summed E-state index contributed by atoms with van der Waals surface area (Å²) in [5, 5.41) is 8.96. The van der Waals surface area contributed by atoms with Gasteiger partial charge >= 0.3 is 0 Å². The average molecular weight is 271 g/mol. The highest BCUT2D eigenvalue weighted by Crippen LogP contribution is 2.09. The molecule has 106 valence electrons. The molecule has 0 atom stereocenters. The summed E-state index contributed by atoms with van der Waals surface area (Å²) >= 11 is 0. The molecule has 0 saturated carbocycles. The monoisotopic (exact) mass is 271 g/mol. The van der Waals surface area contributed by atoms with Crippen LogP contribution in [-0.4, -0.2) is 29.0 Å². The summed E-state index contributed by atoms with van der Waals surface area (Å²) in [4.78, 5) is 13.8. The van der Waals surface area contributed by atoms with E-state index in [1.54, 1.807) is 12.2 Å². The fourth-order valence-corrected chi connectivity index (χ4v) is 2.26. The first kappa shape index (κ1) is 14.5. The van der Waals surface area contributed by atoms with Gasteiger partial charge in [0.25, 0.3) is 0 Å². The third-order valence-electron chi connectivity index (χ3n) is 3.47. The van der Waals surface area contributed by atoms with E-state index >= 15 is 0 Å². The smallest absolute Gasteiger partial charge is 0.246 e. The molecule has 1 aromatic carbocycles. The normalized spacial score (nSPS) is 16.1. The van der Waals surface area contributed by atoms with E-state index in [0.29, 0.717) is 0 Å². The maximum Gasteiger partial charge on any atom is 0.246 e. The molecule has 0 spiro atoms. The maximum absolute atomic E-state index is 11.9. The topological polar surface area (TPSA) is 40.5 Å². The van der Waals surface area contributed by atoms with Gasteiger partial charge in [0.1, 0.15) is 0 Å². The number of benzene rings is 1. The predicted molar refractivity (Wildman–Crippen MR) is 81.0 cm³/mol. The van der Waals surface area contributed by atoms with Crippen LogP contribution < -0.4 is 0 Å². The average Bonchev–Trinajstić information content (AvgIpc) is 2.53. The second kappa shape index (κ2) is 7.65. The van der Waals surface area contributed by atoms with Crippen LogP contribution in [0.5, 0.6) is 0 Å². The first-order valence-corrected chi connectivity index (χ1v) is 7.13. The third kappa shape index (κ3) is 4.35. The summed E-state index contributed by atoms with van der Waals surface area (Å²) in [7, 11) is 0. The van der Waals surface area contributed by atoms with Gasteiger partial charge in [0.05, 0.1) is 6.61 Å². The molecule has 1 aromatic rings. The van der Waals surface area contributed by atoms with E-state index in [2.05, 4.69) is 0 Å². The van der Waals surface area contributed by atoms with Gasteiger partial charge in [-0.15, -0.1) is 0 Å². The van der Waals surface area contributed by atoms with Crippen molar-refractivity contribution in [3.8, 4) is 0 Å². The zero-order valence-corrected chi connectivity index (χ0v) is 11.7. The van der Waals surface area contributed by atoms with Crippen molar-refractivity contribution in [3.05, 3.63) is 53.6 Å². The van der Waals surface area contributed by atoms with E-state index < -0.39 is 0 Å². The van der Waals surface area contributed by atoms with Crippen LogP contribution in [0.1, 0.15) is 30.4 Å². The van der Waals surface area contributed by atoms with Crippen LogP contribution >= 0.6 is 0 Å². The van der Waals surface area contributed by atoms with Gasteiger partial charge in [0, 0.05) is 19.2 Å². The number of aliphatic hydroxyl groups excluding tert-OH is 1. The van der Waals surface area contributed by atoms with Crippen LogP contribution in [-0.2, 0) is 11.4 Å². The zero-order valence-electron chi connectivity index (χ0n) is 11.7. The highest BCUT2D eigenvalue weighted by atomic mass is 16.3. The minimum atomic E-state index is 0.0637. The van der Waals surface area contributed by atoms with E-state index in [1.165, 1.54) is 6.42 Å². The standard InChI is InChI=1S/C17H21NO2/c19-14-16-10-8-15(9-11-16)6-2-3-7-17(20)18-12-4-1-5-13-18/h2-3,6-11,19H,1,4-5,12-14H2/b6-2+,7-3+. The maximum atomic E-state index is 11.9. The molecule has 1 saturated heterocycles. The summed E-state index contributed by atoms with van der Waals surface area (Å²) in [6.07, 6.45) is 10.7. The second-order valence-corrected chi connectivity index (χ2v) is 5.00. The zero-order chi connectivity index (χ0) is 14.2. The minimum absolute atomic E-state index is 0.0637. The van der Waals surface area contributed by atoms with Crippen molar-refractivity contribution in [3.63, 3.8) is 0 Å². The number of rotatable bonds is 4. The lowest BCUT2D eigenvalue weighted by atomic mass is 10.1. The molecule has 0 unspecified atom stereocenters. The van der Waals surface area contributed by atoms with Crippen molar-refractivity contribution in [2.45, 2.75) is 25.9 Å². The molecule has 0 aliphatic carbocycles. The van der Waals surface area contributed by atoms with Crippen molar-refractivity contribution in [2.24, 2.45) is 0 Å². The molecule has 1 aliphatic rings. The predicted octanol–water partition coefficient (Wildman–Crippen LogP) is 2.76. The quantitative estimate of drug-likeness (QED) is 0.675. The summed E-state index contributed by atoms with van der Waals surface area (Å²) in [6, 6.07) is 7.68. The molecular formula is C17H21NO2. The number of hydrogen-bond donors (Lipinski definition) is 1. The second-order valence-electron chi connectivity index (χ2n) is 5.00. The Morgan fingerprint density at radius 2 is 1.80 bits per heavy atom. The number of carbonyl (C=O) groups excluding carboxylic acids is 1. The molecule has 2 rings (SSSR count). The highest BCUT2D eigenvalue weighted by molar-refractivity contribution is 5.88. The Balaban J connectivity index is 1.84. The van der Waals surface area contributed by atoms with Crippen LogP contribution in [0, 0.1) is 0 Å². The molecule has 1 aliphatic heterocycles. The summed E-state index contributed by atoms with van der Waals surface area (Å²) in [6.45, 7) is 1.83. The van der Waals surface area contributed by atoms with E-state index in [4.69, 9.17) is 5.11 Å². The van der Waals surface area contributed by atoms with E-state index in [9.17, 15) is 4.79 Å². The molecular weight excluding hydrogens is 250 g/mol. The Labute approximate surface area is 120 Å². The van der Waals surface area contributed by atoms with Crippen LogP contribution in [0.15, 0.2) is 42.5 Å². The summed E-state index contributed by atoms with van der Waals surface area (Å²) in [5.74, 6) is 0.102. The van der Waals surface area contributed by atoms with Crippen LogP contribution in [0.3, 0.4) is 0 Å². The number of nitrogens with zero attached hydrogens (tertiary/aromatic N) is 1. The Morgan fingerprint density at radius 3 is 2.45 bits per heavy atom. The molecule has 3 heteroatoms. The van der Waals surface area contributed by atoms with Gasteiger partial charge in [-0.2, -0.15) is 0 Å². The van der Waals surface area contributed by atoms with E-state index in [0.717, 1.165) is 37.1 Å². The van der Waals surface area contributed by atoms with Gasteiger partial charge in [-0.3, -0.25) is 4.79 Å². The largest absolute Gasteiger partial charge is 0.392 e. The van der Waals surface area contributed by atoms with Crippen LogP contribution in [0.2, 0.25) is 0 Å². The summed E-state index contributed by atoms with van der Waals surface area (Å²) < 4.78 is 0. The first-order valence-electron chi connectivity index (χ1n) is 7.13. The number of allylic oxidation sites excluding steroid dienone is 2. The molecule has 0 radical (unpaired) electrons. The van der Waals surface area contributed by atoms with E-state index in [-0.39, 0.29) is 12.5 Å². The van der Waals surface area contributed by atoms with Gasteiger partial charge in [0.15, 0.2) is 0 Å². The Kier molecular flexibility index (Phi) is 5.56.